The lowest BCUT2D eigenvalue weighted by atomic mass is 9.83. The van der Waals surface area contributed by atoms with Crippen molar-refractivity contribution < 1.29 is 9.47 Å². The predicted octanol–water partition coefficient (Wildman–Crippen LogP) is 1.17. The molecule has 0 bridgehead atoms. The second-order valence-electron chi connectivity index (χ2n) is 3.88. The van der Waals surface area contributed by atoms with E-state index in [9.17, 15) is 0 Å². The SMILES string of the molecule is COCC(N)COCCC1CCC1. The molecule has 78 valence electrons. The van der Waals surface area contributed by atoms with Gasteiger partial charge in [-0.1, -0.05) is 19.3 Å². The molecule has 1 atom stereocenters. The Morgan fingerprint density at radius 2 is 2.15 bits per heavy atom. The van der Waals surface area contributed by atoms with Gasteiger partial charge in [-0.3, -0.25) is 0 Å². The molecule has 2 N–H and O–H groups in total. The Morgan fingerprint density at radius 3 is 2.69 bits per heavy atom. The number of hydrogen-bond donors (Lipinski definition) is 1. The third-order valence-corrected chi connectivity index (χ3v) is 2.61. The van der Waals surface area contributed by atoms with Crippen molar-refractivity contribution in [1.29, 1.82) is 0 Å². The number of rotatable bonds is 7. The van der Waals surface area contributed by atoms with Crippen LogP contribution >= 0.6 is 0 Å². The van der Waals surface area contributed by atoms with Crippen molar-refractivity contribution in [3.63, 3.8) is 0 Å². The second-order valence-corrected chi connectivity index (χ2v) is 3.88. The van der Waals surface area contributed by atoms with Gasteiger partial charge in [0.25, 0.3) is 0 Å². The van der Waals surface area contributed by atoms with Crippen LogP contribution < -0.4 is 5.73 Å². The maximum Gasteiger partial charge on any atom is 0.0640 e. The van der Waals surface area contributed by atoms with Crippen molar-refractivity contribution in [3.8, 4) is 0 Å². The molecule has 1 saturated carbocycles. The Balaban J connectivity index is 1.82. The third kappa shape index (κ3) is 4.60. The molecular weight excluding hydrogens is 166 g/mol. The molecular formula is C10H21NO2. The zero-order chi connectivity index (χ0) is 9.52. The maximum absolute atomic E-state index is 5.70. The minimum absolute atomic E-state index is 0.0337. The van der Waals surface area contributed by atoms with Crippen molar-refractivity contribution in [2.24, 2.45) is 11.7 Å². The standard InChI is InChI=1S/C10H21NO2/c1-12-7-10(11)8-13-6-5-9-3-2-4-9/h9-10H,2-8,11H2,1H3. The smallest absolute Gasteiger partial charge is 0.0640 e. The molecule has 0 spiro atoms. The fourth-order valence-electron chi connectivity index (χ4n) is 1.53. The van der Waals surface area contributed by atoms with Crippen LogP contribution in [0.1, 0.15) is 25.7 Å². The Morgan fingerprint density at radius 1 is 1.38 bits per heavy atom. The molecule has 1 rings (SSSR count). The van der Waals surface area contributed by atoms with Crippen molar-refractivity contribution in [3.05, 3.63) is 0 Å². The van der Waals surface area contributed by atoms with E-state index in [1.54, 1.807) is 7.11 Å². The van der Waals surface area contributed by atoms with E-state index in [0.717, 1.165) is 12.5 Å². The quantitative estimate of drug-likeness (QED) is 0.608. The average molecular weight is 187 g/mol. The van der Waals surface area contributed by atoms with E-state index in [0.29, 0.717) is 13.2 Å². The Labute approximate surface area is 80.6 Å². The van der Waals surface area contributed by atoms with E-state index in [4.69, 9.17) is 15.2 Å². The van der Waals surface area contributed by atoms with Crippen LogP contribution in [0.4, 0.5) is 0 Å². The highest BCUT2D eigenvalue weighted by atomic mass is 16.5. The molecule has 1 aliphatic carbocycles. The van der Waals surface area contributed by atoms with Gasteiger partial charge in [-0.2, -0.15) is 0 Å². The summed E-state index contributed by atoms with van der Waals surface area (Å²) in [6.07, 6.45) is 5.41. The van der Waals surface area contributed by atoms with Gasteiger partial charge >= 0.3 is 0 Å². The van der Waals surface area contributed by atoms with Crippen LogP contribution in [0, 0.1) is 5.92 Å². The van der Waals surface area contributed by atoms with Gasteiger partial charge in [0.05, 0.1) is 19.3 Å². The zero-order valence-corrected chi connectivity index (χ0v) is 8.50. The molecule has 1 aliphatic rings. The lowest BCUT2D eigenvalue weighted by molar-refractivity contribution is 0.0723. The van der Waals surface area contributed by atoms with Gasteiger partial charge < -0.3 is 15.2 Å². The molecule has 3 nitrogen and oxygen atoms in total. The maximum atomic E-state index is 5.70. The van der Waals surface area contributed by atoms with Gasteiger partial charge in [0.1, 0.15) is 0 Å². The van der Waals surface area contributed by atoms with E-state index in [1.807, 2.05) is 0 Å². The Bertz CT molecular complexity index is 126. The first kappa shape index (κ1) is 11.0. The third-order valence-electron chi connectivity index (χ3n) is 2.61. The summed E-state index contributed by atoms with van der Waals surface area (Å²) in [4.78, 5) is 0. The van der Waals surface area contributed by atoms with Crippen LogP contribution in [-0.4, -0.2) is 33.0 Å². The van der Waals surface area contributed by atoms with Gasteiger partial charge in [0.15, 0.2) is 0 Å². The first-order valence-electron chi connectivity index (χ1n) is 5.15. The van der Waals surface area contributed by atoms with Gasteiger partial charge in [0.2, 0.25) is 0 Å². The van der Waals surface area contributed by atoms with Crippen LogP contribution in [0.15, 0.2) is 0 Å². The number of ether oxygens (including phenoxy) is 2. The minimum atomic E-state index is 0.0337. The monoisotopic (exact) mass is 187 g/mol. The van der Waals surface area contributed by atoms with Gasteiger partial charge in [-0.25, -0.2) is 0 Å². The molecule has 0 radical (unpaired) electrons. The molecule has 0 amide bonds. The highest BCUT2D eigenvalue weighted by molar-refractivity contribution is 4.69. The fraction of sp³-hybridized carbons (Fsp3) is 1.00. The summed E-state index contributed by atoms with van der Waals surface area (Å²) in [7, 11) is 1.66. The lowest BCUT2D eigenvalue weighted by Crippen LogP contribution is -2.31. The Kier molecular flexibility index (Phi) is 5.35. The molecule has 0 heterocycles. The van der Waals surface area contributed by atoms with E-state index >= 15 is 0 Å². The molecule has 0 aromatic rings. The van der Waals surface area contributed by atoms with Crippen molar-refractivity contribution in [1.82, 2.24) is 0 Å². The largest absolute Gasteiger partial charge is 0.383 e. The molecule has 0 aliphatic heterocycles. The van der Waals surface area contributed by atoms with Crippen LogP contribution in [0.3, 0.4) is 0 Å². The Hall–Kier alpha value is -0.120. The molecule has 3 heteroatoms. The highest BCUT2D eigenvalue weighted by Crippen LogP contribution is 2.28. The predicted molar refractivity (Wildman–Crippen MR) is 52.6 cm³/mol. The average Bonchev–Trinajstić information content (AvgIpc) is 2.01. The van der Waals surface area contributed by atoms with Gasteiger partial charge in [-0.05, 0) is 12.3 Å². The van der Waals surface area contributed by atoms with E-state index in [-0.39, 0.29) is 6.04 Å². The number of methoxy groups -OCH3 is 1. The second kappa shape index (κ2) is 6.35. The van der Waals surface area contributed by atoms with Crippen LogP contribution in [0.2, 0.25) is 0 Å². The van der Waals surface area contributed by atoms with Crippen molar-refractivity contribution >= 4 is 0 Å². The topological polar surface area (TPSA) is 44.5 Å². The summed E-state index contributed by atoms with van der Waals surface area (Å²) in [6, 6.07) is 0.0337. The summed E-state index contributed by atoms with van der Waals surface area (Å²) in [6.45, 7) is 2.08. The van der Waals surface area contributed by atoms with E-state index in [2.05, 4.69) is 0 Å². The van der Waals surface area contributed by atoms with Gasteiger partial charge in [-0.15, -0.1) is 0 Å². The van der Waals surface area contributed by atoms with E-state index in [1.165, 1.54) is 25.7 Å². The zero-order valence-electron chi connectivity index (χ0n) is 8.50. The first-order valence-corrected chi connectivity index (χ1v) is 5.15. The normalized spacial score (nSPS) is 19.8. The first-order chi connectivity index (χ1) is 6.33. The molecule has 1 fully saturated rings. The summed E-state index contributed by atoms with van der Waals surface area (Å²) >= 11 is 0. The van der Waals surface area contributed by atoms with Crippen LogP contribution in [-0.2, 0) is 9.47 Å². The molecule has 0 saturated heterocycles. The van der Waals surface area contributed by atoms with Crippen molar-refractivity contribution in [2.45, 2.75) is 31.7 Å². The van der Waals surface area contributed by atoms with Gasteiger partial charge in [0, 0.05) is 13.7 Å². The molecule has 0 aromatic carbocycles. The number of nitrogens with two attached hydrogens (primary N) is 1. The van der Waals surface area contributed by atoms with E-state index < -0.39 is 0 Å². The summed E-state index contributed by atoms with van der Waals surface area (Å²) in [5.41, 5.74) is 5.70. The fourth-order valence-corrected chi connectivity index (χ4v) is 1.53. The summed E-state index contributed by atoms with van der Waals surface area (Å²) in [5.74, 6) is 0.929. The van der Waals surface area contributed by atoms with Crippen molar-refractivity contribution in [2.75, 3.05) is 26.9 Å². The van der Waals surface area contributed by atoms with Crippen LogP contribution in [0.25, 0.3) is 0 Å². The molecule has 0 aromatic heterocycles. The minimum Gasteiger partial charge on any atom is -0.383 e. The van der Waals surface area contributed by atoms with Crippen LogP contribution in [0.5, 0.6) is 0 Å². The highest BCUT2D eigenvalue weighted by Gasteiger charge is 2.16. The summed E-state index contributed by atoms with van der Waals surface area (Å²) in [5, 5.41) is 0. The summed E-state index contributed by atoms with van der Waals surface area (Å²) < 4.78 is 10.4. The lowest BCUT2D eigenvalue weighted by Gasteiger charge is -2.25. The number of hydrogen-bond acceptors (Lipinski definition) is 3. The molecule has 13 heavy (non-hydrogen) atoms. The molecule has 1 unspecified atom stereocenters.